The number of hydrogen-bond donors (Lipinski definition) is 0. The number of rotatable bonds is 8. The summed E-state index contributed by atoms with van der Waals surface area (Å²) in [5.74, 6) is -0.101. The van der Waals surface area contributed by atoms with Crippen LogP contribution in [0.5, 0.6) is 11.5 Å². The van der Waals surface area contributed by atoms with E-state index >= 15 is 0 Å². The summed E-state index contributed by atoms with van der Waals surface area (Å²) in [5.41, 5.74) is 2.31. The Labute approximate surface area is 199 Å². The fourth-order valence-electron chi connectivity index (χ4n) is 4.96. The van der Waals surface area contributed by atoms with Gasteiger partial charge < -0.3 is 9.47 Å². The lowest BCUT2D eigenvalue weighted by molar-refractivity contribution is 0.306. The number of benzene rings is 3. The number of hydrogen-bond acceptors (Lipinski definition) is 2. The van der Waals surface area contributed by atoms with Gasteiger partial charge in [-0.05, 0) is 98.2 Å². The fourth-order valence-corrected chi connectivity index (χ4v) is 4.96. The number of aryl methyl sites for hydroxylation is 1. The highest BCUT2D eigenvalue weighted by Crippen LogP contribution is 2.39. The zero-order valence-corrected chi connectivity index (χ0v) is 19.8. The van der Waals surface area contributed by atoms with Gasteiger partial charge in [-0.15, -0.1) is 0 Å². The minimum absolute atomic E-state index is 0.256. The third-order valence-electron chi connectivity index (χ3n) is 6.96. The largest absolute Gasteiger partial charge is 0.497 e. The van der Waals surface area contributed by atoms with Crippen LogP contribution in [0.1, 0.15) is 56.1 Å². The van der Waals surface area contributed by atoms with Crippen LogP contribution in [-0.2, 0) is 6.42 Å². The van der Waals surface area contributed by atoms with Crippen molar-refractivity contribution in [2.24, 2.45) is 5.92 Å². The van der Waals surface area contributed by atoms with Gasteiger partial charge in [-0.2, -0.15) is 0 Å². The Morgan fingerprint density at radius 3 is 2.24 bits per heavy atom. The molecule has 0 aromatic heterocycles. The van der Waals surface area contributed by atoms with Gasteiger partial charge in [-0.1, -0.05) is 30.3 Å². The van der Waals surface area contributed by atoms with Gasteiger partial charge in [0.25, 0.3) is 0 Å². The predicted octanol–water partition coefficient (Wildman–Crippen LogP) is 8.08. The maximum absolute atomic E-state index is 14.8. The SMILES string of the molecule is CCOc1ccc(C2CCC(CCc3ccc(-c4ccc(OC)cc4)c(F)c3F)CC2)cc1F. The molecule has 180 valence electrons. The van der Waals surface area contributed by atoms with Crippen LogP contribution in [0.25, 0.3) is 11.1 Å². The smallest absolute Gasteiger partial charge is 0.166 e. The van der Waals surface area contributed by atoms with Crippen molar-refractivity contribution in [1.82, 2.24) is 0 Å². The van der Waals surface area contributed by atoms with Gasteiger partial charge in [0, 0.05) is 5.56 Å². The van der Waals surface area contributed by atoms with Gasteiger partial charge in [-0.25, -0.2) is 13.2 Å². The first-order chi connectivity index (χ1) is 16.5. The highest BCUT2D eigenvalue weighted by Gasteiger charge is 2.24. The van der Waals surface area contributed by atoms with E-state index in [1.165, 1.54) is 0 Å². The molecule has 0 amide bonds. The third kappa shape index (κ3) is 5.40. The second-order valence-electron chi connectivity index (χ2n) is 9.01. The topological polar surface area (TPSA) is 18.5 Å². The van der Waals surface area contributed by atoms with Crippen molar-refractivity contribution in [1.29, 1.82) is 0 Å². The van der Waals surface area contributed by atoms with Crippen molar-refractivity contribution in [3.05, 3.63) is 83.2 Å². The number of halogens is 3. The Morgan fingerprint density at radius 1 is 0.853 bits per heavy atom. The maximum Gasteiger partial charge on any atom is 0.166 e. The molecule has 0 unspecified atom stereocenters. The molecule has 0 saturated heterocycles. The standard InChI is InChI=1S/C29H31F3O2/c1-3-34-27-17-13-23(18-26(27)30)20-7-4-19(5-8-20)6-9-22-12-16-25(29(32)28(22)31)21-10-14-24(33-2)15-11-21/h10-20H,3-9H2,1-2H3. The molecular formula is C29H31F3O2. The average molecular weight is 469 g/mol. The monoisotopic (exact) mass is 468 g/mol. The van der Waals surface area contributed by atoms with Crippen LogP contribution in [0.4, 0.5) is 13.2 Å². The molecule has 3 aromatic carbocycles. The summed E-state index contributed by atoms with van der Waals surface area (Å²) in [5, 5.41) is 0. The molecule has 1 fully saturated rings. The molecule has 3 aromatic rings. The Kier molecular flexibility index (Phi) is 7.81. The van der Waals surface area contributed by atoms with Gasteiger partial charge >= 0.3 is 0 Å². The molecule has 4 rings (SSSR count). The lowest BCUT2D eigenvalue weighted by atomic mass is 9.77. The molecule has 34 heavy (non-hydrogen) atoms. The normalized spacial score (nSPS) is 18.0. The van der Waals surface area contributed by atoms with Crippen LogP contribution in [0.2, 0.25) is 0 Å². The van der Waals surface area contributed by atoms with Crippen LogP contribution in [0.3, 0.4) is 0 Å². The highest BCUT2D eigenvalue weighted by molar-refractivity contribution is 5.65. The predicted molar refractivity (Wildman–Crippen MR) is 129 cm³/mol. The summed E-state index contributed by atoms with van der Waals surface area (Å²) in [6, 6.07) is 15.6. The van der Waals surface area contributed by atoms with E-state index in [-0.39, 0.29) is 11.4 Å². The van der Waals surface area contributed by atoms with Gasteiger partial charge in [0.2, 0.25) is 0 Å². The average Bonchev–Trinajstić information content (AvgIpc) is 2.87. The van der Waals surface area contributed by atoms with Crippen LogP contribution in [0.15, 0.2) is 54.6 Å². The van der Waals surface area contributed by atoms with E-state index in [1.807, 2.05) is 13.0 Å². The molecule has 0 aliphatic heterocycles. The zero-order chi connectivity index (χ0) is 24.1. The Bertz CT molecular complexity index is 1100. The molecular weight excluding hydrogens is 437 g/mol. The second kappa shape index (κ2) is 11.0. The molecule has 0 N–H and O–H groups in total. The molecule has 2 nitrogen and oxygen atoms in total. The molecule has 0 atom stereocenters. The van der Waals surface area contributed by atoms with Gasteiger partial charge in [0.15, 0.2) is 23.2 Å². The molecule has 1 aliphatic rings. The minimum atomic E-state index is -0.802. The number of ether oxygens (including phenoxy) is 2. The van der Waals surface area contributed by atoms with Crippen molar-refractivity contribution in [2.75, 3.05) is 13.7 Å². The van der Waals surface area contributed by atoms with E-state index < -0.39 is 11.6 Å². The van der Waals surface area contributed by atoms with Crippen LogP contribution < -0.4 is 9.47 Å². The van der Waals surface area contributed by atoms with E-state index in [0.29, 0.717) is 47.5 Å². The molecule has 1 aliphatic carbocycles. The summed E-state index contributed by atoms with van der Waals surface area (Å²) < 4.78 is 54.3. The van der Waals surface area contributed by atoms with Crippen molar-refractivity contribution in [3.8, 4) is 22.6 Å². The summed E-state index contributed by atoms with van der Waals surface area (Å²) in [6.07, 6.45) is 5.30. The van der Waals surface area contributed by atoms with E-state index in [2.05, 4.69) is 0 Å². The lowest BCUT2D eigenvalue weighted by Crippen LogP contribution is -2.14. The first kappa shape index (κ1) is 24.2. The Hall–Kier alpha value is -2.95. The van der Waals surface area contributed by atoms with Crippen LogP contribution in [0, 0.1) is 23.4 Å². The fraction of sp³-hybridized carbons (Fsp3) is 0.379. The first-order valence-electron chi connectivity index (χ1n) is 12.0. The first-order valence-corrected chi connectivity index (χ1v) is 12.0. The molecule has 1 saturated carbocycles. The van der Waals surface area contributed by atoms with E-state index in [1.54, 1.807) is 55.6 Å². The van der Waals surface area contributed by atoms with Crippen molar-refractivity contribution < 1.29 is 22.6 Å². The van der Waals surface area contributed by atoms with Crippen LogP contribution in [-0.4, -0.2) is 13.7 Å². The summed E-state index contributed by atoms with van der Waals surface area (Å²) in [4.78, 5) is 0. The molecule has 0 spiro atoms. The summed E-state index contributed by atoms with van der Waals surface area (Å²) in [7, 11) is 1.57. The van der Waals surface area contributed by atoms with Crippen molar-refractivity contribution in [2.45, 2.75) is 51.4 Å². The molecule has 0 radical (unpaired) electrons. The molecule has 5 heteroatoms. The summed E-state index contributed by atoms with van der Waals surface area (Å²) in [6.45, 7) is 2.28. The van der Waals surface area contributed by atoms with Crippen LogP contribution >= 0.6 is 0 Å². The summed E-state index contributed by atoms with van der Waals surface area (Å²) >= 11 is 0. The van der Waals surface area contributed by atoms with E-state index in [0.717, 1.165) is 37.7 Å². The van der Waals surface area contributed by atoms with E-state index in [4.69, 9.17) is 9.47 Å². The molecule has 0 bridgehead atoms. The number of methoxy groups -OCH3 is 1. The van der Waals surface area contributed by atoms with Gasteiger partial charge in [-0.3, -0.25) is 0 Å². The van der Waals surface area contributed by atoms with Gasteiger partial charge in [0.05, 0.1) is 13.7 Å². The quantitative estimate of drug-likeness (QED) is 0.333. The third-order valence-corrected chi connectivity index (χ3v) is 6.96. The maximum atomic E-state index is 14.8. The highest BCUT2D eigenvalue weighted by atomic mass is 19.2. The minimum Gasteiger partial charge on any atom is -0.497 e. The van der Waals surface area contributed by atoms with Gasteiger partial charge in [0.1, 0.15) is 5.75 Å². The zero-order valence-electron chi connectivity index (χ0n) is 19.8. The second-order valence-corrected chi connectivity index (χ2v) is 9.01. The van der Waals surface area contributed by atoms with Crippen molar-refractivity contribution in [3.63, 3.8) is 0 Å². The van der Waals surface area contributed by atoms with E-state index in [9.17, 15) is 13.2 Å². The Balaban J connectivity index is 1.34. The molecule has 0 heterocycles. The van der Waals surface area contributed by atoms with Crippen molar-refractivity contribution >= 4 is 0 Å². The lowest BCUT2D eigenvalue weighted by Gasteiger charge is -2.29. The Morgan fingerprint density at radius 2 is 1.59 bits per heavy atom.